The van der Waals surface area contributed by atoms with Gasteiger partial charge >= 0.3 is 0 Å². The molecule has 0 aliphatic heterocycles. The first-order valence-corrected chi connectivity index (χ1v) is 4.41. The van der Waals surface area contributed by atoms with Crippen molar-refractivity contribution in [3.63, 3.8) is 0 Å². The van der Waals surface area contributed by atoms with Crippen molar-refractivity contribution in [2.24, 2.45) is 0 Å². The molecule has 0 spiro atoms. The third-order valence-electron chi connectivity index (χ3n) is 2.15. The molecule has 0 amide bonds. The molecule has 1 aromatic heterocycles. The van der Waals surface area contributed by atoms with Gasteiger partial charge in [-0.05, 0) is 30.5 Å². The van der Waals surface area contributed by atoms with Crippen LogP contribution in [0.25, 0.3) is 10.8 Å². The summed E-state index contributed by atoms with van der Waals surface area (Å²) in [6.45, 7) is 1.62. The lowest BCUT2D eigenvalue weighted by atomic mass is 10.1. The van der Waals surface area contributed by atoms with Crippen LogP contribution in [0.2, 0.25) is 0 Å². The Morgan fingerprint density at radius 3 is 2.86 bits per heavy atom. The number of fused-ring (bicyclic) bond motifs is 1. The molecule has 2 nitrogen and oxygen atoms in total. The zero-order chi connectivity index (χ0) is 10.1. The van der Waals surface area contributed by atoms with Gasteiger partial charge in [0.1, 0.15) is 5.82 Å². The molecule has 0 aliphatic rings. The number of hydrogen-bond acceptors (Lipinski definition) is 2. The van der Waals surface area contributed by atoms with Crippen LogP contribution in [0.15, 0.2) is 30.5 Å². The van der Waals surface area contributed by atoms with Gasteiger partial charge in [-0.2, -0.15) is 0 Å². The molecule has 1 aromatic carbocycles. The van der Waals surface area contributed by atoms with Crippen molar-refractivity contribution in [3.05, 3.63) is 42.0 Å². The zero-order valence-corrected chi connectivity index (χ0v) is 7.74. The smallest absolute Gasteiger partial charge is 0.123 e. The second-order valence-electron chi connectivity index (χ2n) is 3.24. The molecule has 0 aliphatic carbocycles. The Balaban J connectivity index is 2.77. The highest BCUT2D eigenvalue weighted by Crippen LogP contribution is 2.22. The summed E-state index contributed by atoms with van der Waals surface area (Å²) in [7, 11) is 0. The lowest BCUT2D eigenvalue weighted by Gasteiger charge is -2.07. The van der Waals surface area contributed by atoms with Gasteiger partial charge in [0, 0.05) is 11.6 Å². The Kier molecular flexibility index (Phi) is 2.17. The van der Waals surface area contributed by atoms with Gasteiger partial charge in [0.2, 0.25) is 0 Å². The highest BCUT2D eigenvalue weighted by atomic mass is 19.1. The SMILES string of the molecule is CC(O)c1nccc2ccc(F)cc12. The van der Waals surface area contributed by atoms with Crippen molar-refractivity contribution in [1.82, 2.24) is 4.98 Å². The van der Waals surface area contributed by atoms with E-state index in [1.54, 1.807) is 25.3 Å². The molecule has 72 valence electrons. The highest BCUT2D eigenvalue weighted by Gasteiger charge is 2.07. The maximum Gasteiger partial charge on any atom is 0.123 e. The summed E-state index contributed by atoms with van der Waals surface area (Å²) < 4.78 is 13.0. The number of halogens is 1. The predicted octanol–water partition coefficient (Wildman–Crippen LogP) is 2.43. The maximum absolute atomic E-state index is 13.0. The highest BCUT2D eigenvalue weighted by molar-refractivity contribution is 5.84. The van der Waals surface area contributed by atoms with E-state index in [0.29, 0.717) is 11.1 Å². The first-order chi connectivity index (χ1) is 6.68. The molecule has 0 bridgehead atoms. The van der Waals surface area contributed by atoms with E-state index in [4.69, 9.17) is 0 Å². The zero-order valence-electron chi connectivity index (χ0n) is 7.74. The van der Waals surface area contributed by atoms with Crippen LogP contribution >= 0.6 is 0 Å². The number of pyridine rings is 1. The average Bonchev–Trinajstić information content (AvgIpc) is 2.16. The minimum Gasteiger partial charge on any atom is -0.387 e. The van der Waals surface area contributed by atoms with Crippen LogP contribution in [0.4, 0.5) is 4.39 Å². The molecule has 2 aromatic rings. The predicted molar refractivity (Wildman–Crippen MR) is 52.3 cm³/mol. The molecule has 1 heterocycles. The topological polar surface area (TPSA) is 33.1 Å². The lowest BCUT2D eigenvalue weighted by molar-refractivity contribution is 0.196. The Hall–Kier alpha value is -1.48. The number of hydrogen-bond donors (Lipinski definition) is 1. The molecule has 0 saturated heterocycles. The van der Waals surface area contributed by atoms with E-state index in [-0.39, 0.29) is 5.82 Å². The van der Waals surface area contributed by atoms with Gasteiger partial charge in [0.15, 0.2) is 0 Å². The molecule has 3 heteroatoms. The molecule has 14 heavy (non-hydrogen) atoms. The number of aliphatic hydroxyl groups is 1. The minimum atomic E-state index is -0.680. The van der Waals surface area contributed by atoms with Gasteiger partial charge in [0.25, 0.3) is 0 Å². The van der Waals surface area contributed by atoms with Gasteiger partial charge in [-0.1, -0.05) is 6.07 Å². The Morgan fingerprint density at radius 2 is 2.14 bits per heavy atom. The van der Waals surface area contributed by atoms with Crippen LogP contribution in [-0.4, -0.2) is 10.1 Å². The Labute approximate surface area is 81.0 Å². The normalized spacial score (nSPS) is 13.1. The van der Waals surface area contributed by atoms with Crippen molar-refractivity contribution in [3.8, 4) is 0 Å². The van der Waals surface area contributed by atoms with E-state index >= 15 is 0 Å². The summed E-state index contributed by atoms with van der Waals surface area (Å²) in [5.41, 5.74) is 0.516. The number of aliphatic hydroxyl groups excluding tert-OH is 1. The fourth-order valence-electron chi connectivity index (χ4n) is 1.50. The van der Waals surface area contributed by atoms with Crippen LogP contribution in [0.5, 0.6) is 0 Å². The fourth-order valence-corrected chi connectivity index (χ4v) is 1.50. The van der Waals surface area contributed by atoms with Crippen LogP contribution in [0, 0.1) is 5.82 Å². The summed E-state index contributed by atoms with van der Waals surface area (Å²) in [6.07, 6.45) is 0.933. The summed E-state index contributed by atoms with van der Waals surface area (Å²) in [5.74, 6) is -0.313. The maximum atomic E-state index is 13.0. The summed E-state index contributed by atoms with van der Waals surface area (Å²) in [6, 6.07) is 6.26. The van der Waals surface area contributed by atoms with Gasteiger partial charge in [-0.25, -0.2) is 4.39 Å². The molecule has 0 saturated carbocycles. The third kappa shape index (κ3) is 1.46. The van der Waals surface area contributed by atoms with Crippen molar-refractivity contribution in [1.29, 1.82) is 0 Å². The number of nitrogens with zero attached hydrogens (tertiary/aromatic N) is 1. The summed E-state index contributed by atoms with van der Waals surface area (Å²) in [5, 5.41) is 11.0. The third-order valence-corrected chi connectivity index (χ3v) is 2.15. The van der Waals surface area contributed by atoms with E-state index in [0.717, 1.165) is 5.39 Å². The largest absolute Gasteiger partial charge is 0.387 e. The number of rotatable bonds is 1. The van der Waals surface area contributed by atoms with Crippen molar-refractivity contribution >= 4 is 10.8 Å². The van der Waals surface area contributed by atoms with E-state index in [9.17, 15) is 9.50 Å². The standard InChI is InChI=1S/C11H10FNO/c1-7(14)11-10-6-9(12)3-2-8(10)4-5-13-11/h2-7,14H,1H3. The molecule has 0 fully saturated rings. The monoisotopic (exact) mass is 191 g/mol. The van der Waals surface area contributed by atoms with E-state index in [1.165, 1.54) is 12.1 Å². The number of benzene rings is 1. The van der Waals surface area contributed by atoms with Gasteiger partial charge in [0.05, 0.1) is 11.8 Å². The van der Waals surface area contributed by atoms with E-state index in [2.05, 4.69) is 4.98 Å². The molecular weight excluding hydrogens is 181 g/mol. The minimum absolute atomic E-state index is 0.313. The van der Waals surface area contributed by atoms with E-state index < -0.39 is 6.10 Å². The van der Waals surface area contributed by atoms with Crippen molar-refractivity contribution < 1.29 is 9.50 Å². The van der Waals surface area contributed by atoms with Crippen LogP contribution in [0.3, 0.4) is 0 Å². The molecule has 0 radical (unpaired) electrons. The first-order valence-electron chi connectivity index (χ1n) is 4.41. The summed E-state index contributed by atoms with van der Waals surface area (Å²) >= 11 is 0. The van der Waals surface area contributed by atoms with Crippen molar-refractivity contribution in [2.75, 3.05) is 0 Å². The van der Waals surface area contributed by atoms with Gasteiger partial charge in [-0.15, -0.1) is 0 Å². The number of aromatic nitrogens is 1. The molecular formula is C11H10FNO. The molecule has 2 rings (SSSR count). The quantitative estimate of drug-likeness (QED) is 0.750. The van der Waals surface area contributed by atoms with Gasteiger partial charge < -0.3 is 5.11 Å². The molecule has 1 N–H and O–H groups in total. The second kappa shape index (κ2) is 3.35. The lowest BCUT2D eigenvalue weighted by Crippen LogP contribution is -1.96. The molecule has 1 atom stereocenters. The van der Waals surface area contributed by atoms with Gasteiger partial charge in [-0.3, -0.25) is 4.98 Å². The summed E-state index contributed by atoms with van der Waals surface area (Å²) in [4.78, 5) is 4.03. The van der Waals surface area contributed by atoms with Crippen LogP contribution in [0.1, 0.15) is 18.7 Å². The fraction of sp³-hybridized carbons (Fsp3) is 0.182. The first kappa shape index (κ1) is 9.09. The molecule has 1 unspecified atom stereocenters. The van der Waals surface area contributed by atoms with Crippen LogP contribution < -0.4 is 0 Å². The Morgan fingerprint density at radius 1 is 1.36 bits per heavy atom. The van der Waals surface area contributed by atoms with E-state index in [1.807, 2.05) is 0 Å². The van der Waals surface area contributed by atoms with Crippen LogP contribution in [-0.2, 0) is 0 Å². The van der Waals surface area contributed by atoms with Crippen molar-refractivity contribution in [2.45, 2.75) is 13.0 Å². The second-order valence-corrected chi connectivity index (χ2v) is 3.24. The Bertz CT molecular complexity index is 468. The average molecular weight is 191 g/mol.